The highest BCUT2D eigenvalue weighted by Crippen LogP contribution is 2.14. The van der Waals surface area contributed by atoms with Crippen LogP contribution in [0.2, 0.25) is 0 Å². The molecule has 5 nitrogen and oxygen atoms in total. The maximum atomic E-state index is 11.8. The molecule has 0 aliphatic carbocycles. The number of unbranched alkanes of at least 4 members (excludes halogenated alkanes) is 4. The third-order valence-corrected chi connectivity index (χ3v) is 3.32. The molecule has 0 fully saturated rings. The predicted molar refractivity (Wildman–Crippen MR) is 83.0 cm³/mol. The van der Waals surface area contributed by atoms with E-state index in [0.29, 0.717) is 0 Å². The van der Waals surface area contributed by atoms with Crippen molar-refractivity contribution in [2.24, 2.45) is 0 Å². The van der Waals surface area contributed by atoms with E-state index in [9.17, 15) is 9.59 Å². The van der Waals surface area contributed by atoms with Crippen molar-refractivity contribution in [3.05, 3.63) is 0 Å². The predicted octanol–water partition coefficient (Wildman–Crippen LogP) is 2.82. The Morgan fingerprint density at radius 2 is 1.43 bits per heavy atom. The molecule has 1 N–H and O–H groups in total. The first kappa shape index (κ1) is 19.9. The lowest BCUT2D eigenvalue weighted by Crippen LogP contribution is -2.32. The monoisotopic (exact) mass is 301 g/mol. The Morgan fingerprint density at radius 1 is 0.905 bits per heavy atom. The van der Waals surface area contributed by atoms with Gasteiger partial charge in [0.15, 0.2) is 0 Å². The fourth-order valence-corrected chi connectivity index (χ4v) is 2.07. The summed E-state index contributed by atoms with van der Waals surface area (Å²) in [7, 11) is 1.32. The molecule has 0 aliphatic heterocycles. The van der Waals surface area contributed by atoms with E-state index in [-0.39, 0.29) is 31.1 Å². The zero-order valence-corrected chi connectivity index (χ0v) is 13.8. The minimum Gasteiger partial charge on any atom is -0.468 e. The van der Waals surface area contributed by atoms with Gasteiger partial charge in [-0.3, -0.25) is 14.9 Å². The number of hydrogen-bond acceptors (Lipinski definition) is 5. The highest BCUT2D eigenvalue weighted by Gasteiger charge is 2.14. The number of nitrogens with one attached hydrogen (secondary N) is 1. The molecule has 0 heterocycles. The average molecular weight is 301 g/mol. The molecule has 0 aliphatic rings. The Balaban J connectivity index is 3.98. The Morgan fingerprint density at radius 3 is 1.90 bits per heavy atom. The van der Waals surface area contributed by atoms with Crippen molar-refractivity contribution < 1.29 is 19.1 Å². The number of esters is 2. The molecular formula is C16H31NO4. The quantitative estimate of drug-likeness (QED) is 0.418. The summed E-state index contributed by atoms with van der Waals surface area (Å²) < 4.78 is 10.00. The fraction of sp³-hybridized carbons (Fsp3) is 0.875. The lowest BCUT2D eigenvalue weighted by molar-refractivity contribution is -0.148. The molecule has 0 radical (unpaired) electrons. The Hall–Kier alpha value is -1.10. The fourth-order valence-electron chi connectivity index (χ4n) is 2.07. The molecule has 0 amide bonds. The van der Waals surface area contributed by atoms with E-state index in [2.05, 4.69) is 23.9 Å². The maximum Gasteiger partial charge on any atom is 0.320 e. The molecule has 0 saturated carbocycles. The molecule has 0 spiro atoms. The standard InChI is InChI=1S/C16H31NO4/c1-4-6-8-10-14(11-9-7-5-2)21-16(19)13-17-12-15(18)20-3/h14,17H,4-13H2,1-3H3. The number of ether oxygens (including phenoxy) is 2. The molecule has 21 heavy (non-hydrogen) atoms. The first-order chi connectivity index (χ1) is 10.1. The zero-order chi connectivity index (χ0) is 15.9. The third-order valence-electron chi connectivity index (χ3n) is 3.32. The molecule has 0 atom stereocenters. The van der Waals surface area contributed by atoms with Gasteiger partial charge in [0.1, 0.15) is 6.10 Å². The van der Waals surface area contributed by atoms with Crippen LogP contribution in [0.15, 0.2) is 0 Å². The Kier molecular flexibility index (Phi) is 13.1. The molecule has 0 rings (SSSR count). The summed E-state index contributed by atoms with van der Waals surface area (Å²) in [5.74, 6) is -0.679. The van der Waals surface area contributed by atoms with E-state index in [1.54, 1.807) is 0 Å². The largest absolute Gasteiger partial charge is 0.468 e. The van der Waals surface area contributed by atoms with Gasteiger partial charge in [-0.25, -0.2) is 0 Å². The number of carbonyl (C=O) groups is 2. The minimum absolute atomic E-state index is 0.00975. The second-order valence-corrected chi connectivity index (χ2v) is 5.28. The van der Waals surface area contributed by atoms with Gasteiger partial charge in [-0.1, -0.05) is 39.5 Å². The lowest BCUT2D eigenvalue weighted by Gasteiger charge is -2.18. The Labute approximate surface area is 128 Å². The van der Waals surface area contributed by atoms with Crippen LogP contribution in [0.5, 0.6) is 0 Å². The van der Waals surface area contributed by atoms with Crippen LogP contribution >= 0.6 is 0 Å². The van der Waals surface area contributed by atoms with Crippen LogP contribution in [-0.4, -0.2) is 38.2 Å². The van der Waals surface area contributed by atoms with E-state index in [1.807, 2.05) is 0 Å². The minimum atomic E-state index is -0.384. The number of methoxy groups -OCH3 is 1. The zero-order valence-electron chi connectivity index (χ0n) is 13.8. The van der Waals surface area contributed by atoms with Crippen LogP contribution in [0.25, 0.3) is 0 Å². The van der Waals surface area contributed by atoms with E-state index in [0.717, 1.165) is 38.5 Å². The van der Waals surface area contributed by atoms with E-state index < -0.39 is 0 Å². The first-order valence-corrected chi connectivity index (χ1v) is 8.11. The summed E-state index contributed by atoms with van der Waals surface area (Å²) in [5.41, 5.74) is 0. The molecule has 0 aromatic heterocycles. The van der Waals surface area contributed by atoms with Crippen molar-refractivity contribution in [2.75, 3.05) is 20.2 Å². The summed E-state index contributed by atoms with van der Waals surface area (Å²) in [5, 5.41) is 2.73. The Bertz CT molecular complexity index is 271. The molecule has 124 valence electrons. The molecule has 0 unspecified atom stereocenters. The molecular weight excluding hydrogens is 270 g/mol. The van der Waals surface area contributed by atoms with Crippen LogP contribution in [0.4, 0.5) is 0 Å². The van der Waals surface area contributed by atoms with Gasteiger partial charge in [-0.15, -0.1) is 0 Å². The summed E-state index contributed by atoms with van der Waals surface area (Å²) >= 11 is 0. The normalized spacial score (nSPS) is 10.7. The SMILES string of the molecule is CCCCCC(CCCCC)OC(=O)CNCC(=O)OC. The highest BCUT2D eigenvalue weighted by atomic mass is 16.5. The lowest BCUT2D eigenvalue weighted by atomic mass is 10.0. The second kappa shape index (κ2) is 13.9. The molecule has 5 heteroatoms. The molecule has 0 aromatic carbocycles. The summed E-state index contributed by atoms with van der Waals surface area (Å²) in [6.45, 7) is 4.40. The van der Waals surface area contributed by atoms with E-state index in [1.165, 1.54) is 20.0 Å². The van der Waals surface area contributed by atoms with Crippen LogP contribution in [0, 0.1) is 0 Å². The van der Waals surface area contributed by atoms with Crippen molar-refractivity contribution in [1.82, 2.24) is 5.32 Å². The van der Waals surface area contributed by atoms with Gasteiger partial charge in [0, 0.05) is 0 Å². The number of rotatable bonds is 13. The molecule has 0 bridgehead atoms. The van der Waals surface area contributed by atoms with Crippen molar-refractivity contribution in [3.8, 4) is 0 Å². The number of carbonyl (C=O) groups excluding carboxylic acids is 2. The maximum absolute atomic E-state index is 11.8. The smallest absolute Gasteiger partial charge is 0.320 e. The van der Waals surface area contributed by atoms with E-state index >= 15 is 0 Å². The molecule has 0 saturated heterocycles. The van der Waals surface area contributed by atoms with Crippen molar-refractivity contribution >= 4 is 11.9 Å². The average Bonchev–Trinajstić information content (AvgIpc) is 2.47. The van der Waals surface area contributed by atoms with Crippen LogP contribution in [-0.2, 0) is 19.1 Å². The number of hydrogen-bond donors (Lipinski definition) is 1. The van der Waals surface area contributed by atoms with Crippen LogP contribution < -0.4 is 5.32 Å². The van der Waals surface area contributed by atoms with Gasteiger partial charge in [0.05, 0.1) is 20.2 Å². The summed E-state index contributed by atoms with van der Waals surface area (Å²) in [6, 6.07) is 0. The molecule has 0 aromatic rings. The van der Waals surface area contributed by atoms with Gasteiger partial charge >= 0.3 is 11.9 Å². The summed E-state index contributed by atoms with van der Waals surface area (Å²) in [4.78, 5) is 22.7. The topological polar surface area (TPSA) is 64.6 Å². The van der Waals surface area contributed by atoms with Gasteiger partial charge in [0.2, 0.25) is 0 Å². The second-order valence-electron chi connectivity index (χ2n) is 5.28. The van der Waals surface area contributed by atoms with E-state index in [4.69, 9.17) is 4.74 Å². The van der Waals surface area contributed by atoms with Crippen molar-refractivity contribution in [3.63, 3.8) is 0 Å². The van der Waals surface area contributed by atoms with Gasteiger partial charge in [-0.05, 0) is 25.7 Å². The van der Waals surface area contributed by atoms with Gasteiger partial charge < -0.3 is 9.47 Å². The van der Waals surface area contributed by atoms with Crippen LogP contribution in [0.3, 0.4) is 0 Å². The van der Waals surface area contributed by atoms with Gasteiger partial charge in [0.25, 0.3) is 0 Å². The summed E-state index contributed by atoms with van der Waals surface area (Å²) in [6.07, 6.45) is 8.72. The van der Waals surface area contributed by atoms with Crippen molar-refractivity contribution in [2.45, 2.75) is 71.3 Å². The highest BCUT2D eigenvalue weighted by molar-refractivity contribution is 5.74. The van der Waals surface area contributed by atoms with Crippen molar-refractivity contribution in [1.29, 1.82) is 0 Å². The third kappa shape index (κ3) is 12.4. The first-order valence-electron chi connectivity index (χ1n) is 8.11. The van der Waals surface area contributed by atoms with Crippen LogP contribution in [0.1, 0.15) is 65.2 Å². The van der Waals surface area contributed by atoms with Gasteiger partial charge in [-0.2, -0.15) is 0 Å².